The Kier molecular flexibility index (Phi) is 6.43. The Balaban J connectivity index is 1.68. The molecule has 1 N–H and O–H groups in total. The lowest BCUT2D eigenvalue weighted by Crippen LogP contribution is -2.35. The van der Waals surface area contributed by atoms with E-state index in [0.717, 1.165) is 40.5 Å². The van der Waals surface area contributed by atoms with E-state index in [9.17, 15) is 4.79 Å². The molecule has 0 unspecified atom stereocenters. The summed E-state index contributed by atoms with van der Waals surface area (Å²) in [6.45, 7) is 12.7. The first-order valence-electron chi connectivity index (χ1n) is 11.5. The van der Waals surface area contributed by atoms with Crippen LogP contribution in [0.1, 0.15) is 69.0 Å². The highest BCUT2D eigenvalue weighted by molar-refractivity contribution is 8.27. The summed E-state index contributed by atoms with van der Waals surface area (Å²) in [5.41, 5.74) is 5.65. The Morgan fingerprint density at radius 2 is 1.79 bits per heavy atom. The Bertz CT molecular complexity index is 1200. The molecule has 1 aromatic carbocycles. The standard InChI is InChI=1S/C26H31N5OS/c1-7-18(8-2)25-29-31-23(27)22(24(32)28-26(31)33-25)14-20-13-16(5)30(17(20)6)21-11-9-19(10-12-21)15(3)4/h9-15,18,27H,7-8H2,1-6H3/b22-14+,27-23?. The minimum Gasteiger partial charge on any atom is -0.318 e. The van der Waals surface area contributed by atoms with Crippen molar-refractivity contribution in [1.29, 1.82) is 5.41 Å². The van der Waals surface area contributed by atoms with Crippen LogP contribution in [0.5, 0.6) is 0 Å². The second kappa shape index (κ2) is 9.14. The van der Waals surface area contributed by atoms with Gasteiger partial charge in [0, 0.05) is 23.0 Å². The third kappa shape index (κ3) is 4.22. The zero-order valence-electron chi connectivity index (χ0n) is 20.1. The first-order valence-corrected chi connectivity index (χ1v) is 12.4. The molecule has 0 fully saturated rings. The van der Waals surface area contributed by atoms with Crippen LogP contribution in [0, 0.1) is 25.2 Å². The van der Waals surface area contributed by atoms with Gasteiger partial charge in [-0.25, -0.2) is 0 Å². The van der Waals surface area contributed by atoms with Gasteiger partial charge in [0.2, 0.25) is 5.17 Å². The summed E-state index contributed by atoms with van der Waals surface area (Å²) in [6, 6.07) is 10.6. The molecular weight excluding hydrogens is 430 g/mol. The van der Waals surface area contributed by atoms with Gasteiger partial charge in [-0.1, -0.05) is 39.8 Å². The van der Waals surface area contributed by atoms with Crippen LogP contribution in [0.25, 0.3) is 11.8 Å². The quantitative estimate of drug-likeness (QED) is 0.515. The van der Waals surface area contributed by atoms with Crippen molar-refractivity contribution in [3.8, 4) is 5.69 Å². The van der Waals surface area contributed by atoms with Gasteiger partial charge < -0.3 is 4.57 Å². The molecule has 172 valence electrons. The lowest BCUT2D eigenvalue weighted by molar-refractivity contribution is -0.114. The summed E-state index contributed by atoms with van der Waals surface area (Å²) in [4.78, 5) is 17.1. The molecule has 0 bridgehead atoms. The molecule has 6 nitrogen and oxygen atoms in total. The third-order valence-corrected chi connectivity index (χ3v) is 7.46. The Labute approximate surface area is 200 Å². The van der Waals surface area contributed by atoms with Crippen LogP contribution in [0.15, 0.2) is 46.0 Å². The average Bonchev–Trinajstić information content (AvgIpc) is 3.32. The number of nitrogens with one attached hydrogen (secondary N) is 1. The van der Waals surface area contributed by atoms with E-state index in [1.807, 2.05) is 6.92 Å². The van der Waals surface area contributed by atoms with Gasteiger partial charge in [-0.2, -0.15) is 15.1 Å². The first-order chi connectivity index (χ1) is 15.7. The molecule has 0 saturated heterocycles. The van der Waals surface area contributed by atoms with Gasteiger partial charge in [-0.3, -0.25) is 10.2 Å². The van der Waals surface area contributed by atoms with E-state index in [1.165, 1.54) is 22.3 Å². The maximum Gasteiger partial charge on any atom is 0.283 e. The highest BCUT2D eigenvalue weighted by Crippen LogP contribution is 2.33. The molecule has 0 saturated carbocycles. The van der Waals surface area contributed by atoms with Gasteiger partial charge in [0.1, 0.15) is 5.04 Å². The van der Waals surface area contributed by atoms with Crippen LogP contribution in [-0.2, 0) is 4.79 Å². The first kappa shape index (κ1) is 23.2. The largest absolute Gasteiger partial charge is 0.318 e. The molecule has 4 rings (SSSR count). The fourth-order valence-corrected chi connectivity index (χ4v) is 5.46. The molecule has 0 aliphatic carbocycles. The fourth-order valence-electron chi connectivity index (χ4n) is 4.30. The van der Waals surface area contributed by atoms with Crippen LogP contribution >= 0.6 is 11.8 Å². The van der Waals surface area contributed by atoms with Crippen LogP contribution < -0.4 is 0 Å². The Hall–Kier alpha value is -2.93. The van der Waals surface area contributed by atoms with E-state index in [2.05, 4.69) is 79.6 Å². The molecule has 2 aliphatic heterocycles. The van der Waals surface area contributed by atoms with Crippen molar-refractivity contribution < 1.29 is 4.79 Å². The number of amides is 1. The Morgan fingerprint density at radius 1 is 1.12 bits per heavy atom. The number of aromatic nitrogens is 1. The maximum atomic E-state index is 12.8. The summed E-state index contributed by atoms with van der Waals surface area (Å²) >= 11 is 1.41. The number of hydrazone groups is 1. The van der Waals surface area contributed by atoms with Crippen molar-refractivity contribution in [2.24, 2.45) is 16.0 Å². The summed E-state index contributed by atoms with van der Waals surface area (Å²) in [5, 5.41) is 16.2. The van der Waals surface area contributed by atoms with E-state index in [1.54, 1.807) is 6.08 Å². The van der Waals surface area contributed by atoms with Gasteiger partial charge in [-0.15, -0.1) is 0 Å². The van der Waals surface area contributed by atoms with Crippen molar-refractivity contribution in [1.82, 2.24) is 9.58 Å². The minimum absolute atomic E-state index is 0.0875. The number of rotatable bonds is 6. The predicted octanol–water partition coefficient (Wildman–Crippen LogP) is 6.27. The van der Waals surface area contributed by atoms with Gasteiger partial charge >= 0.3 is 0 Å². The van der Waals surface area contributed by atoms with Crippen LogP contribution in [0.3, 0.4) is 0 Å². The lowest BCUT2D eigenvalue weighted by atomic mass is 10.0. The highest BCUT2D eigenvalue weighted by Gasteiger charge is 2.37. The second-order valence-corrected chi connectivity index (χ2v) is 9.87. The molecular formula is C26H31N5OS. The smallest absolute Gasteiger partial charge is 0.283 e. The average molecular weight is 462 g/mol. The Morgan fingerprint density at radius 3 is 2.39 bits per heavy atom. The summed E-state index contributed by atoms with van der Waals surface area (Å²) < 4.78 is 2.18. The van der Waals surface area contributed by atoms with E-state index in [4.69, 9.17) is 5.41 Å². The molecule has 0 radical (unpaired) electrons. The fraction of sp³-hybridized carbons (Fsp3) is 0.385. The summed E-state index contributed by atoms with van der Waals surface area (Å²) in [7, 11) is 0. The number of amidine groups is 2. The molecule has 2 aliphatic rings. The monoisotopic (exact) mass is 461 g/mol. The van der Waals surface area contributed by atoms with Gasteiger partial charge in [-0.05, 0) is 79.8 Å². The molecule has 2 aromatic rings. The zero-order valence-corrected chi connectivity index (χ0v) is 21.0. The molecule has 0 spiro atoms. The normalized spacial score (nSPS) is 17.3. The van der Waals surface area contributed by atoms with Crippen molar-refractivity contribution >= 4 is 39.8 Å². The highest BCUT2D eigenvalue weighted by atomic mass is 32.2. The van der Waals surface area contributed by atoms with Crippen molar-refractivity contribution in [2.75, 3.05) is 0 Å². The van der Waals surface area contributed by atoms with Crippen LogP contribution in [-0.4, -0.2) is 31.5 Å². The van der Waals surface area contributed by atoms with Gasteiger partial charge in [0.15, 0.2) is 5.84 Å². The van der Waals surface area contributed by atoms with Crippen molar-refractivity contribution in [2.45, 2.75) is 60.3 Å². The molecule has 33 heavy (non-hydrogen) atoms. The second-order valence-electron chi connectivity index (χ2n) is 8.88. The van der Waals surface area contributed by atoms with E-state index >= 15 is 0 Å². The molecule has 3 heterocycles. The predicted molar refractivity (Wildman–Crippen MR) is 138 cm³/mol. The lowest BCUT2D eigenvalue weighted by Gasteiger charge is -2.20. The van der Waals surface area contributed by atoms with Crippen LogP contribution in [0.2, 0.25) is 0 Å². The number of aliphatic imine (C=N–C) groups is 1. The number of nitrogens with zero attached hydrogens (tertiary/aromatic N) is 4. The minimum atomic E-state index is -0.383. The number of aryl methyl sites for hydroxylation is 1. The summed E-state index contributed by atoms with van der Waals surface area (Å²) in [6.07, 6.45) is 3.72. The van der Waals surface area contributed by atoms with Crippen molar-refractivity contribution in [3.05, 3.63) is 58.4 Å². The van der Waals surface area contributed by atoms with Crippen molar-refractivity contribution in [3.63, 3.8) is 0 Å². The van der Waals surface area contributed by atoms with Crippen LogP contribution in [0.4, 0.5) is 0 Å². The number of benzene rings is 1. The number of carbonyl (C=O) groups excluding carboxylic acids is 1. The molecule has 1 aromatic heterocycles. The zero-order chi connectivity index (χ0) is 23.9. The third-order valence-electron chi connectivity index (χ3n) is 6.39. The van der Waals surface area contributed by atoms with E-state index in [-0.39, 0.29) is 17.3 Å². The SMILES string of the molecule is CCC(CC)C1=NN2C(=N)/C(=C\c3cc(C)n(-c4ccc(C(C)C)cc4)c3C)C(=O)N=C2S1. The number of hydrogen-bond acceptors (Lipinski definition) is 4. The van der Waals surface area contributed by atoms with E-state index < -0.39 is 0 Å². The molecule has 0 atom stereocenters. The molecule has 1 amide bonds. The summed E-state index contributed by atoms with van der Waals surface area (Å²) in [5.74, 6) is 0.506. The number of carbonyl (C=O) groups is 1. The van der Waals surface area contributed by atoms with E-state index in [0.29, 0.717) is 17.0 Å². The number of fused-ring (bicyclic) bond motifs is 1. The maximum absolute atomic E-state index is 12.8. The topological polar surface area (TPSA) is 73.8 Å². The molecule has 7 heteroatoms. The van der Waals surface area contributed by atoms with Gasteiger partial charge in [0.25, 0.3) is 5.91 Å². The number of hydrogen-bond donors (Lipinski definition) is 1. The van der Waals surface area contributed by atoms with Gasteiger partial charge in [0.05, 0.1) is 5.57 Å². The number of thioether (sulfide) groups is 1.